The molecule has 1 fully saturated rings. The van der Waals surface area contributed by atoms with Crippen LogP contribution < -0.4 is 16.4 Å². The monoisotopic (exact) mass is 279 g/mol. The summed E-state index contributed by atoms with van der Waals surface area (Å²) in [6.45, 7) is 3.56. The van der Waals surface area contributed by atoms with Gasteiger partial charge in [0.15, 0.2) is 0 Å². The SMILES string of the molecule is CC(N)c1cc(F)ccc1N1CCC(CC(N)=O)CC1. The predicted molar refractivity (Wildman–Crippen MR) is 77.8 cm³/mol. The quantitative estimate of drug-likeness (QED) is 0.884. The lowest BCUT2D eigenvalue weighted by atomic mass is 9.92. The van der Waals surface area contributed by atoms with Crippen LogP contribution in [-0.2, 0) is 4.79 Å². The maximum absolute atomic E-state index is 13.4. The summed E-state index contributed by atoms with van der Waals surface area (Å²) in [5, 5.41) is 0. The van der Waals surface area contributed by atoms with E-state index in [1.54, 1.807) is 6.07 Å². The summed E-state index contributed by atoms with van der Waals surface area (Å²) in [5.41, 5.74) is 13.0. The van der Waals surface area contributed by atoms with Crippen LogP contribution >= 0.6 is 0 Å². The highest BCUT2D eigenvalue weighted by atomic mass is 19.1. The topological polar surface area (TPSA) is 72.3 Å². The number of nitrogens with zero attached hydrogens (tertiary/aromatic N) is 1. The molecule has 1 amide bonds. The molecular formula is C15H22FN3O. The second-order valence-corrected chi connectivity index (χ2v) is 5.59. The van der Waals surface area contributed by atoms with Gasteiger partial charge in [0.05, 0.1) is 0 Å². The molecule has 1 aliphatic rings. The molecule has 0 radical (unpaired) electrons. The fourth-order valence-corrected chi connectivity index (χ4v) is 2.84. The second-order valence-electron chi connectivity index (χ2n) is 5.59. The van der Waals surface area contributed by atoms with E-state index in [1.807, 2.05) is 6.92 Å². The molecule has 1 saturated heterocycles. The van der Waals surface area contributed by atoms with Crippen molar-refractivity contribution in [1.82, 2.24) is 0 Å². The third-order valence-electron chi connectivity index (χ3n) is 3.93. The average Bonchev–Trinajstić information content (AvgIpc) is 2.39. The van der Waals surface area contributed by atoms with Gasteiger partial charge in [-0.3, -0.25) is 4.79 Å². The van der Waals surface area contributed by atoms with E-state index in [4.69, 9.17) is 11.5 Å². The highest BCUT2D eigenvalue weighted by Crippen LogP contribution is 2.30. The van der Waals surface area contributed by atoms with Crippen molar-refractivity contribution in [3.63, 3.8) is 0 Å². The Morgan fingerprint density at radius 1 is 1.45 bits per heavy atom. The largest absolute Gasteiger partial charge is 0.371 e. The molecule has 20 heavy (non-hydrogen) atoms. The molecule has 1 atom stereocenters. The summed E-state index contributed by atoms with van der Waals surface area (Å²) in [4.78, 5) is 13.2. The van der Waals surface area contributed by atoms with E-state index in [1.165, 1.54) is 12.1 Å². The number of anilines is 1. The van der Waals surface area contributed by atoms with Crippen LogP contribution in [0.1, 0.15) is 37.8 Å². The average molecular weight is 279 g/mol. The van der Waals surface area contributed by atoms with Gasteiger partial charge in [-0.2, -0.15) is 0 Å². The molecule has 1 heterocycles. The molecule has 0 bridgehead atoms. The first-order valence-corrected chi connectivity index (χ1v) is 7.05. The first-order chi connectivity index (χ1) is 9.47. The third-order valence-corrected chi connectivity index (χ3v) is 3.93. The maximum Gasteiger partial charge on any atom is 0.217 e. The molecule has 0 aliphatic carbocycles. The van der Waals surface area contributed by atoms with Gasteiger partial charge in [0.2, 0.25) is 5.91 Å². The molecule has 110 valence electrons. The van der Waals surface area contributed by atoms with E-state index < -0.39 is 0 Å². The van der Waals surface area contributed by atoms with Gasteiger partial charge >= 0.3 is 0 Å². The Bertz CT molecular complexity index is 482. The van der Waals surface area contributed by atoms with Crippen LogP contribution in [0.4, 0.5) is 10.1 Å². The van der Waals surface area contributed by atoms with Gasteiger partial charge in [-0.05, 0) is 49.4 Å². The summed E-state index contributed by atoms with van der Waals surface area (Å²) in [7, 11) is 0. The number of carbonyl (C=O) groups is 1. The number of hydrogen-bond acceptors (Lipinski definition) is 3. The van der Waals surface area contributed by atoms with Crippen molar-refractivity contribution in [1.29, 1.82) is 0 Å². The lowest BCUT2D eigenvalue weighted by Gasteiger charge is -2.35. The zero-order valence-electron chi connectivity index (χ0n) is 11.8. The zero-order chi connectivity index (χ0) is 14.7. The van der Waals surface area contributed by atoms with Crippen LogP contribution in [0.5, 0.6) is 0 Å². The number of hydrogen-bond donors (Lipinski definition) is 2. The van der Waals surface area contributed by atoms with Crippen molar-refractivity contribution >= 4 is 11.6 Å². The highest BCUT2D eigenvalue weighted by Gasteiger charge is 2.23. The van der Waals surface area contributed by atoms with E-state index >= 15 is 0 Å². The number of primary amides is 1. The van der Waals surface area contributed by atoms with Crippen molar-refractivity contribution in [3.8, 4) is 0 Å². The van der Waals surface area contributed by atoms with Gasteiger partial charge < -0.3 is 16.4 Å². The summed E-state index contributed by atoms with van der Waals surface area (Å²) in [6.07, 6.45) is 2.31. The van der Waals surface area contributed by atoms with Crippen LogP contribution in [0.2, 0.25) is 0 Å². The Kier molecular flexibility index (Phi) is 4.60. The van der Waals surface area contributed by atoms with E-state index in [9.17, 15) is 9.18 Å². The molecule has 0 spiro atoms. The number of piperidine rings is 1. The van der Waals surface area contributed by atoms with Crippen LogP contribution in [0, 0.1) is 11.7 Å². The number of carbonyl (C=O) groups excluding carboxylic acids is 1. The number of nitrogens with two attached hydrogens (primary N) is 2. The number of amides is 1. The summed E-state index contributed by atoms with van der Waals surface area (Å²) >= 11 is 0. The Hall–Kier alpha value is -1.62. The molecule has 1 aliphatic heterocycles. The molecular weight excluding hydrogens is 257 g/mol. The number of rotatable bonds is 4. The smallest absolute Gasteiger partial charge is 0.217 e. The van der Waals surface area contributed by atoms with Crippen LogP contribution in [0.25, 0.3) is 0 Å². The van der Waals surface area contributed by atoms with E-state index in [0.29, 0.717) is 12.3 Å². The first kappa shape index (κ1) is 14.8. The second kappa shape index (κ2) is 6.22. The van der Waals surface area contributed by atoms with Gasteiger partial charge in [-0.25, -0.2) is 4.39 Å². The summed E-state index contributed by atoms with van der Waals surface area (Å²) in [5.74, 6) is -0.130. The summed E-state index contributed by atoms with van der Waals surface area (Å²) < 4.78 is 13.4. The Morgan fingerprint density at radius 3 is 2.65 bits per heavy atom. The van der Waals surface area contributed by atoms with Gasteiger partial charge in [0, 0.05) is 31.2 Å². The van der Waals surface area contributed by atoms with Crippen molar-refractivity contribution in [2.24, 2.45) is 17.4 Å². The van der Waals surface area contributed by atoms with E-state index in [0.717, 1.165) is 37.2 Å². The molecule has 0 aromatic heterocycles. The molecule has 4 nitrogen and oxygen atoms in total. The van der Waals surface area contributed by atoms with Gasteiger partial charge in [-0.1, -0.05) is 0 Å². The van der Waals surface area contributed by atoms with Crippen LogP contribution in [-0.4, -0.2) is 19.0 Å². The van der Waals surface area contributed by atoms with Crippen molar-refractivity contribution in [2.45, 2.75) is 32.2 Å². The molecule has 4 N–H and O–H groups in total. The molecule has 1 unspecified atom stereocenters. The normalized spacial score (nSPS) is 18.1. The molecule has 1 aromatic rings. The predicted octanol–water partition coefficient (Wildman–Crippen LogP) is 1.94. The molecule has 0 saturated carbocycles. The van der Waals surface area contributed by atoms with Gasteiger partial charge in [0.25, 0.3) is 0 Å². The number of halogens is 1. The zero-order valence-corrected chi connectivity index (χ0v) is 11.8. The summed E-state index contributed by atoms with van der Waals surface area (Å²) in [6, 6.07) is 4.57. The van der Waals surface area contributed by atoms with Crippen LogP contribution in [0.3, 0.4) is 0 Å². The third kappa shape index (κ3) is 3.48. The Labute approximate surface area is 118 Å². The minimum atomic E-state index is -0.260. The van der Waals surface area contributed by atoms with Crippen molar-refractivity contribution < 1.29 is 9.18 Å². The fraction of sp³-hybridized carbons (Fsp3) is 0.533. The minimum Gasteiger partial charge on any atom is -0.371 e. The highest BCUT2D eigenvalue weighted by molar-refractivity contribution is 5.74. The van der Waals surface area contributed by atoms with E-state index in [-0.39, 0.29) is 17.8 Å². The first-order valence-electron chi connectivity index (χ1n) is 7.05. The van der Waals surface area contributed by atoms with Crippen molar-refractivity contribution in [2.75, 3.05) is 18.0 Å². The van der Waals surface area contributed by atoms with Crippen LogP contribution in [0.15, 0.2) is 18.2 Å². The standard InChI is InChI=1S/C15H22FN3O/c1-10(17)13-9-12(16)2-3-14(13)19-6-4-11(5-7-19)8-15(18)20/h2-3,9-11H,4-8,17H2,1H3,(H2,18,20). The Balaban J connectivity index is 2.09. The van der Waals surface area contributed by atoms with Crippen molar-refractivity contribution in [3.05, 3.63) is 29.6 Å². The van der Waals surface area contributed by atoms with E-state index in [2.05, 4.69) is 4.90 Å². The molecule has 1 aromatic carbocycles. The van der Waals surface area contributed by atoms with Gasteiger partial charge in [0.1, 0.15) is 5.82 Å². The molecule has 2 rings (SSSR count). The van der Waals surface area contributed by atoms with Gasteiger partial charge in [-0.15, -0.1) is 0 Å². The lowest BCUT2D eigenvalue weighted by Crippen LogP contribution is -2.36. The number of benzene rings is 1. The maximum atomic E-state index is 13.4. The lowest BCUT2D eigenvalue weighted by molar-refractivity contribution is -0.119. The fourth-order valence-electron chi connectivity index (χ4n) is 2.84. The Morgan fingerprint density at radius 2 is 2.10 bits per heavy atom. The molecule has 5 heteroatoms. The minimum absolute atomic E-state index is 0.205.